The number of hydrogen-bond donors (Lipinski definition) is 3. The van der Waals surface area contributed by atoms with E-state index in [4.69, 9.17) is 10.5 Å². The lowest BCUT2D eigenvalue weighted by molar-refractivity contribution is -0.123. The molecule has 6 heteroatoms. The molecule has 0 heterocycles. The molecule has 1 aromatic rings. The summed E-state index contributed by atoms with van der Waals surface area (Å²) in [4.78, 5) is 11.6. The third-order valence-electron chi connectivity index (χ3n) is 2.86. The number of ether oxygens (including phenoxy) is 1. The van der Waals surface area contributed by atoms with Crippen LogP contribution in [0.2, 0.25) is 0 Å². The molecule has 1 rings (SSSR count). The normalized spacial score (nSPS) is 13.2. The largest absolute Gasteiger partial charge is 0.391 e. The van der Waals surface area contributed by atoms with Crippen molar-refractivity contribution < 1.29 is 14.6 Å². The Kier molecular flexibility index (Phi) is 10.0. The van der Waals surface area contributed by atoms with E-state index in [1.807, 2.05) is 30.3 Å². The van der Waals surface area contributed by atoms with Crippen LogP contribution in [0.1, 0.15) is 12.0 Å². The summed E-state index contributed by atoms with van der Waals surface area (Å²) in [5, 5.41) is 12.5. The molecule has 0 radical (unpaired) electrons. The number of aliphatic hydroxyl groups excluding tert-OH is 1. The maximum Gasteiger partial charge on any atom is 0.222 e. The smallest absolute Gasteiger partial charge is 0.222 e. The van der Waals surface area contributed by atoms with Crippen LogP contribution in [0.5, 0.6) is 0 Å². The van der Waals surface area contributed by atoms with Crippen LogP contribution in [-0.2, 0) is 16.0 Å². The van der Waals surface area contributed by atoms with Crippen LogP contribution in [0.25, 0.3) is 0 Å². The van der Waals surface area contributed by atoms with E-state index in [2.05, 4.69) is 5.32 Å². The van der Waals surface area contributed by atoms with Gasteiger partial charge >= 0.3 is 0 Å². The zero-order valence-electron chi connectivity index (χ0n) is 11.6. The number of nitrogens with one attached hydrogen (secondary N) is 1. The summed E-state index contributed by atoms with van der Waals surface area (Å²) in [5.74, 6) is -0.163. The summed E-state index contributed by atoms with van der Waals surface area (Å²) >= 11 is 0. The van der Waals surface area contributed by atoms with Gasteiger partial charge in [0.25, 0.3) is 0 Å². The van der Waals surface area contributed by atoms with Gasteiger partial charge in [0.05, 0.1) is 18.6 Å². The van der Waals surface area contributed by atoms with Gasteiger partial charge in [0.2, 0.25) is 5.91 Å². The minimum absolute atomic E-state index is 0. The Balaban J connectivity index is 0.00000361. The van der Waals surface area contributed by atoms with Gasteiger partial charge in [0.1, 0.15) is 0 Å². The Morgan fingerprint density at radius 3 is 2.60 bits per heavy atom. The predicted molar refractivity (Wildman–Crippen MR) is 80.9 cm³/mol. The lowest BCUT2D eigenvalue weighted by Crippen LogP contribution is -2.36. The molecule has 1 aromatic carbocycles. The number of rotatable bonds is 8. The summed E-state index contributed by atoms with van der Waals surface area (Å²) in [5.41, 5.74) is 6.48. The summed E-state index contributed by atoms with van der Waals surface area (Å²) in [6.45, 7) is 0.533. The Bertz CT molecular complexity index is 372. The fourth-order valence-electron chi connectivity index (χ4n) is 1.73. The van der Waals surface area contributed by atoms with Gasteiger partial charge in [-0.15, -0.1) is 12.4 Å². The minimum atomic E-state index is -0.592. The van der Waals surface area contributed by atoms with E-state index in [0.29, 0.717) is 13.0 Å². The van der Waals surface area contributed by atoms with Gasteiger partial charge in [-0.25, -0.2) is 0 Å². The van der Waals surface area contributed by atoms with Gasteiger partial charge in [-0.05, 0) is 5.56 Å². The molecule has 2 unspecified atom stereocenters. The Hall–Kier alpha value is -1.14. The van der Waals surface area contributed by atoms with Crippen molar-refractivity contribution >= 4 is 18.3 Å². The van der Waals surface area contributed by atoms with E-state index < -0.39 is 6.10 Å². The highest BCUT2D eigenvalue weighted by molar-refractivity contribution is 5.85. The van der Waals surface area contributed by atoms with Crippen molar-refractivity contribution in [2.24, 2.45) is 5.73 Å². The highest BCUT2D eigenvalue weighted by Crippen LogP contribution is 2.02. The molecule has 0 aliphatic heterocycles. The zero-order valence-corrected chi connectivity index (χ0v) is 12.4. The van der Waals surface area contributed by atoms with Crippen molar-refractivity contribution in [3.05, 3.63) is 35.9 Å². The van der Waals surface area contributed by atoms with Crippen LogP contribution in [0.3, 0.4) is 0 Å². The van der Waals surface area contributed by atoms with Gasteiger partial charge in [-0.1, -0.05) is 30.3 Å². The topological polar surface area (TPSA) is 84.6 Å². The van der Waals surface area contributed by atoms with Gasteiger partial charge in [-0.2, -0.15) is 0 Å². The van der Waals surface area contributed by atoms with Crippen LogP contribution in [0.15, 0.2) is 30.3 Å². The highest BCUT2D eigenvalue weighted by atomic mass is 35.5. The van der Waals surface area contributed by atoms with Gasteiger partial charge in [0.15, 0.2) is 0 Å². The maximum absolute atomic E-state index is 11.6. The van der Waals surface area contributed by atoms with E-state index in [1.54, 1.807) is 0 Å². The van der Waals surface area contributed by atoms with Crippen LogP contribution >= 0.6 is 12.4 Å². The van der Waals surface area contributed by atoms with Crippen molar-refractivity contribution in [2.75, 3.05) is 20.2 Å². The summed E-state index contributed by atoms with van der Waals surface area (Å²) < 4.78 is 5.02. The van der Waals surface area contributed by atoms with E-state index in [-0.39, 0.29) is 37.4 Å². The highest BCUT2D eigenvalue weighted by Gasteiger charge is 2.12. The molecule has 0 fully saturated rings. The molecule has 4 N–H and O–H groups in total. The van der Waals surface area contributed by atoms with Crippen LogP contribution in [0.4, 0.5) is 0 Å². The average Bonchev–Trinajstić information content (AvgIpc) is 2.43. The van der Waals surface area contributed by atoms with E-state index >= 15 is 0 Å². The molecule has 5 nitrogen and oxygen atoms in total. The van der Waals surface area contributed by atoms with Crippen molar-refractivity contribution in [3.63, 3.8) is 0 Å². The Morgan fingerprint density at radius 1 is 1.40 bits per heavy atom. The van der Waals surface area contributed by atoms with E-state index in [1.165, 1.54) is 7.11 Å². The standard InChI is InChI=1S/C14H22N2O3.ClH/c1-19-13(9-15)8-14(18)16-10-12(17)7-11-5-3-2-4-6-11;/h2-6,12-13,17H,7-10,15H2,1H3,(H,16,18);1H. The first-order valence-corrected chi connectivity index (χ1v) is 6.37. The van der Waals surface area contributed by atoms with Crippen molar-refractivity contribution in [2.45, 2.75) is 25.0 Å². The molecule has 0 spiro atoms. The number of hydrogen-bond acceptors (Lipinski definition) is 4. The Labute approximate surface area is 125 Å². The first kappa shape index (κ1) is 18.9. The van der Waals surface area contributed by atoms with Gasteiger partial charge in [0, 0.05) is 26.6 Å². The first-order valence-electron chi connectivity index (χ1n) is 6.37. The zero-order chi connectivity index (χ0) is 14.1. The summed E-state index contributed by atoms with van der Waals surface area (Å²) in [6, 6.07) is 9.66. The number of nitrogens with two attached hydrogens (primary N) is 1. The van der Waals surface area contributed by atoms with Crippen molar-refractivity contribution in [1.82, 2.24) is 5.32 Å². The lowest BCUT2D eigenvalue weighted by atomic mass is 10.1. The predicted octanol–water partition coefficient (Wildman–Crippen LogP) is 0.492. The number of methoxy groups -OCH3 is 1. The average molecular weight is 303 g/mol. The SMILES string of the molecule is COC(CN)CC(=O)NCC(O)Cc1ccccc1.Cl. The second-order valence-corrected chi connectivity index (χ2v) is 4.45. The molecule has 0 aromatic heterocycles. The third-order valence-corrected chi connectivity index (χ3v) is 2.86. The number of halogens is 1. The maximum atomic E-state index is 11.6. The van der Waals surface area contributed by atoms with Gasteiger partial charge < -0.3 is 20.9 Å². The molecule has 20 heavy (non-hydrogen) atoms. The van der Waals surface area contributed by atoms with E-state index in [9.17, 15) is 9.90 Å². The summed E-state index contributed by atoms with van der Waals surface area (Å²) in [6.07, 6.45) is -0.131. The van der Waals surface area contributed by atoms with E-state index in [0.717, 1.165) is 5.56 Å². The molecule has 1 amide bonds. The first-order chi connectivity index (χ1) is 9.15. The fraction of sp³-hybridized carbons (Fsp3) is 0.500. The van der Waals surface area contributed by atoms with Gasteiger partial charge in [-0.3, -0.25) is 4.79 Å². The molecular formula is C14H23ClN2O3. The van der Waals surface area contributed by atoms with Crippen LogP contribution in [-0.4, -0.2) is 43.4 Å². The number of amides is 1. The molecular weight excluding hydrogens is 280 g/mol. The monoisotopic (exact) mass is 302 g/mol. The minimum Gasteiger partial charge on any atom is -0.391 e. The second-order valence-electron chi connectivity index (χ2n) is 4.45. The summed E-state index contributed by atoms with van der Waals surface area (Å²) in [7, 11) is 1.52. The molecule has 0 aliphatic rings. The molecule has 2 atom stereocenters. The number of carbonyl (C=O) groups is 1. The van der Waals surface area contributed by atoms with Crippen molar-refractivity contribution in [1.29, 1.82) is 0 Å². The van der Waals surface area contributed by atoms with Crippen LogP contribution in [0, 0.1) is 0 Å². The Morgan fingerprint density at radius 2 is 2.05 bits per heavy atom. The molecule has 0 aliphatic carbocycles. The van der Waals surface area contributed by atoms with Crippen molar-refractivity contribution in [3.8, 4) is 0 Å². The second kappa shape index (κ2) is 10.6. The lowest BCUT2D eigenvalue weighted by Gasteiger charge is -2.15. The number of aliphatic hydroxyl groups is 1. The third kappa shape index (κ3) is 7.45. The molecule has 0 saturated heterocycles. The number of benzene rings is 1. The molecule has 0 saturated carbocycles. The van der Waals surface area contributed by atoms with Crippen LogP contribution < -0.4 is 11.1 Å². The molecule has 114 valence electrons. The quantitative estimate of drug-likeness (QED) is 0.652. The fourth-order valence-corrected chi connectivity index (χ4v) is 1.73. The number of carbonyl (C=O) groups excluding carboxylic acids is 1. The molecule has 0 bridgehead atoms.